The fraction of sp³-hybridized carbons (Fsp3) is 0.562. The zero-order valence-electron chi connectivity index (χ0n) is 12.2. The molecule has 0 spiro atoms. The van der Waals surface area contributed by atoms with Crippen LogP contribution in [0, 0.1) is 0 Å². The van der Waals surface area contributed by atoms with E-state index in [2.05, 4.69) is 10.2 Å². The lowest BCUT2D eigenvalue weighted by molar-refractivity contribution is -0.114. The van der Waals surface area contributed by atoms with E-state index in [0.29, 0.717) is 5.69 Å². The summed E-state index contributed by atoms with van der Waals surface area (Å²) in [4.78, 5) is 13.6. The lowest BCUT2D eigenvalue weighted by Crippen LogP contribution is -2.26. The van der Waals surface area contributed by atoms with Gasteiger partial charge in [-0.1, -0.05) is 18.9 Å². The molecule has 4 heteroatoms. The number of hydrogen-bond acceptors (Lipinski definition) is 3. The minimum Gasteiger partial charge on any atom is -0.506 e. The van der Waals surface area contributed by atoms with Gasteiger partial charge in [-0.2, -0.15) is 0 Å². The second-order valence-corrected chi connectivity index (χ2v) is 5.54. The third-order valence-corrected chi connectivity index (χ3v) is 3.79. The zero-order chi connectivity index (χ0) is 14.4. The Labute approximate surface area is 120 Å². The van der Waals surface area contributed by atoms with Crippen molar-refractivity contribution in [2.75, 3.05) is 25.0 Å². The Morgan fingerprint density at radius 3 is 2.60 bits per heavy atom. The topological polar surface area (TPSA) is 52.6 Å². The highest BCUT2D eigenvalue weighted by Gasteiger charge is 2.10. The number of benzene rings is 1. The molecule has 2 N–H and O–H groups in total. The molecule has 2 rings (SSSR count). The number of nitrogens with one attached hydrogen (secondary N) is 1. The first-order valence-corrected chi connectivity index (χ1v) is 7.47. The maximum Gasteiger partial charge on any atom is 0.221 e. The molecule has 1 amide bonds. The first kappa shape index (κ1) is 14.9. The molecule has 1 aliphatic heterocycles. The predicted octanol–water partition coefficient (Wildman–Crippen LogP) is 2.77. The molecule has 1 aromatic rings. The number of carbonyl (C=O) groups excluding carboxylic acids is 1. The molecule has 0 atom stereocenters. The summed E-state index contributed by atoms with van der Waals surface area (Å²) >= 11 is 0. The van der Waals surface area contributed by atoms with E-state index in [0.717, 1.165) is 18.5 Å². The van der Waals surface area contributed by atoms with Crippen LogP contribution in [0.15, 0.2) is 18.2 Å². The summed E-state index contributed by atoms with van der Waals surface area (Å²) in [6, 6.07) is 5.45. The van der Waals surface area contributed by atoms with Crippen molar-refractivity contribution in [3.63, 3.8) is 0 Å². The quantitative estimate of drug-likeness (QED) is 0.831. The first-order valence-electron chi connectivity index (χ1n) is 7.47. The van der Waals surface area contributed by atoms with Gasteiger partial charge < -0.3 is 15.3 Å². The maximum absolute atomic E-state index is 11.1. The van der Waals surface area contributed by atoms with Crippen LogP contribution >= 0.6 is 0 Å². The van der Waals surface area contributed by atoms with Crippen LogP contribution in [0.4, 0.5) is 5.69 Å². The third-order valence-electron chi connectivity index (χ3n) is 3.79. The van der Waals surface area contributed by atoms with Gasteiger partial charge in [0.05, 0.1) is 5.69 Å². The first-order chi connectivity index (χ1) is 9.65. The molecular formula is C16H24N2O2. The van der Waals surface area contributed by atoms with Crippen LogP contribution < -0.4 is 5.32 Å². The number of carbonyl (C=O) groups is 1. The fourth-order valence-corrected chi connectivity index (χ4v) is 2.68. The molecule has 1 saturated heterocycles. The third kappa shape index (κ3) is 4.53. The van der Waals surface area contributed by atoms with Crippen LogP contribution in [0.3, 0.4) is 0 Å². The average molecular weight is 276 g/mol. The second-order valence-electron chi connectivity index (χ2n) is 5.54. The summed E-state index contributed by atoms with van der Waals surface area (Å²) < 4.78 is 0. The summed E-state index contributed by atoms with van der Waals surface area (Å²) in [5, 5.41) is 12.4. The summed E-state index contributed by atoms with van der Waals surface area (Å²) in [5.41, 5.74) is 1.65. The van der Waals surface area contributed by atoms with Crippen LogP contribution in [0.25, 0.3) is 0 Å². The standard InChI is InChI=1S/C16H24N2O2/c1-13(19)17-15-12-14(6-7-16(15)20)8-11-18-9-4-2-3-5-10-18/h6-7,12,20H,2-5,8-11H2,1H3,(H,17,19). The number of anilines is 1. The molecular weight excluding hydrogens is 252 g/mol. The number of nitrogens with zero attached hydrogens (tertiary/aromatic N) is 1. The molecule has 1 aromatic carbocycles. The molecule has 0 unspecified atom stereocenters. The van der Waals surface area contributed by atoms with Crippen molar-refractivity contribution in [1.82, 2.24) is 4.90 Å². The van der Waals surface area contributed by atoms with Gasteiger partial charge in [-0.15, -0.1) is 0 Å². The van der Waals surface area contributed by atoms with Crippen molar-refractivity contribution in [1.29, 1.82) is 0 Å². The summed E-state index contributed by atoms with van der Waals surface area (Å²) in [7, 11) is 0. The van der Waals surface area contributed by atoms with Crippen molar-refractivity contribution < 1.29 is 9.90 Å². The Morgan fingerprint density at radius 2 is 1.95 bits per heavy atom. The van der Waals surface area contributed by atoms with Gasteiger partial charge in [0.1, 0.15) is 5.75 Å². The number of phenolic OH excluding ortho intramolecular Hbond substituents is 1. The lowest BCUT2D eigenvalue weighted by Gasteiger charge is -2.19. The summed E-state index contributed by atoms with van der Waals surface area (Å²) in [5.74, 6) is -0.0382. The van der Waals surface area contributed by atoms with Crippen LogP contribution in [0.2, 0.25) is 0 Å². The summed E-state index contributed by atoms with van der Waals surface area (Å²) in [6.45, 7) is 4.88. The lowest BCUT2D eigenvalue weighted by atomic mass is 10.1. The van der Waals surface area contributed by atoms with Crippen molar-refractivity contribution >= 4 is 11.6 Å². The summed E-state index contributed by atoms with van der Waals surface area (Å²) in [6.07, 6.45) is 6.25. The van der Waals surface area contributed by atoms with Gasteiger partial charge in [-0.3, -0.25) is 4.79 Å². The van der Waals surface area contributed by atoms with Crippen LogP contribution in [0.1, 0.15) is 38.2 Å². The van der Waals surface area contributed by atoms with Crippen molar-refractivity contribution in [3.05, 3.63) is 23.8 Å². The van der Waals surface area contributed by atoms with Crippen molar-refractivity contribution in [2.24, 2.45) is 0 Å². The number of likely N-dealkylation sites (tertiary alicyclic amines) is 1. The highest BCUT2D eigenvalue weighted by atomic mass is 16.3. The SMILES string of the molecule is CC(=O)Nc1cc(CCN2CCCCCC2)ccc1O. The Bertz CT molecular complexity index is 452. The van der Waals surface area contributed by atoms with E-state index in [9.17, 15) is 9.90 Å². The fourth-order valence-electron chi connectivity index (χ4n) is 2.68. The van der Waals surface area contributed by atoms with Crippen LogP contribution in [-0.4, -0.2) is 35.5 Å². The number of rotatable bonds is 4. The molecule has 1 heterocycles. The van der Waals surface area contributed by atoms with Gasteiger partial charge in [-0.25, -0.2) is 0 Å². The molecule has 4 nitrogen and oxygen atoms in total. The van der Waals surface area contributed by atoms with E-state index in [1.807, 2.05) is 12.1 Å². The minimum atomic E-state index is -0.162. The normalized spacial score (nSPS) is 16.6. The molecule has 0 aromatic heterocycles. The van der Waals surface area contributed by atoms with Gasteiger partial charge >= 0.3 is 0 Å². The van der Waals surface area contributed by atoms with Crippen LogP contribution in [-0.2, 0) is 11.2 Å². The Kier molecular flexibility index (Phi) is 5.41. The monoisotopic (exact) mass is 276 g/mol. The Morgan fingerprint density at radius 1 is 1.25 bits per heavy atom. The highest BCUT2D eigenvalue weighted by Crippen LogP contribution is 2.24. The van der Waals surface area contributed by atoms with E-state index in [1.54, 1.807) is 6.07 Å². The molecule has 0 bridgehead atoms. The molecule has 0 saturated carbocycles. The average Bonchev–Trinajstić information content (AvgIpc) is 2.68. The molecule has 0 aliphatic carbocycles. The predicted molar refractivity (Wildman–Crippen MR) is 81.0 cm³/mol. The smallest absolute Gasteiger partial charge is 0.221 e. The van der Waals surface area contributed by atoms with Crippen molar-refractivity contribution in [2.45, 2.75) is 39.0 Å². The van der Waals surface area contributed by atoms with Crippen molar-refractivity contribution in [3.8, 4) is 5.75 Å². The van der Waals surface area contributed by atoms with Gasteiger partial charge in [0.25, 0.3) is 0 Å². The van der Waals surface area contributed by atoms with E-state index in [1.165, 1.54) is 45.7 Å². The molecule has 110 valence electrons. The largest absolute Gasteiger partial charge is 0.506 e. The zero-order valence-corrected chi connectivity index (χ0v) is 12.2. The van der Waals surface area contributed by atoms with E-state index in [4.69, 9.17) is 0 Å². The molecule has 1 aliphatic rings. The maximum atomic E-state index is 11.1. The highest BCUT2D eigenvalue weighted by molar-refractivity contribution is 5.90. The number of hydrogen-bond donors (Lipinski definition) is 2. The van der Waals surface area contributed by atoms with Gasteiger partial charge in [0, 0.05) is 13.5 Å². The Hall–Kier alpha value is -1.55. The van der Waals surface area contributed by atoms with Crippen LogP contribution in [0.5, 0.6) is 5.75 Å². The number of aromatic hydroxyl groups is 1. The van der Waals surface area contributed by atoms with Gasteiger partial charge in [0.2, 0.25) is 5.91 Å². The van der Waals surface area contributed by atoms with Gasteiger partial charge in [-0.05, 0) is 50.0 Å². The molecule has 20 heavy (non-hydrogen) atoms. The van der Waals surface area contributed by atoms with Gasteiger partial charge in [0.15, 0.2) is 0 Å². The van der Waals surface area contributed by atoms with E-state index >= 15 is 0 Å². The molecule has 0 radical (unpaired) electrons. The van der Waals surface area contributed by atoms with E-state index < -0.39 is 0 Å². The number of amides is 1. The molecule has 1 fully saturated rings. The Balaban J connectivity index is 1.93. The second kappa shape index (κ2) is 7.29. The van der Waals surface area contributed by atoms with E-state index in [-0.39, 0.29) is 11.7 Å². The minimum absolute atomic E-state index is 0.124. The number of phenols is 1.